The molecule has 0 radical (unpaired) electrons. The molecule has 1 aliphatic rings. The Morgan fingerprint density at radius 2 is 2.05 bits per heavy atom. The van der Waals surface area contributed by atoms with Crippen molar-refractivity contribution in [2.24, 2.45) is 0 Å². The molecule has 0 aromatic heterocycles. The van der Waals surface area contributed by atoms with E-state index in [2.05, 4.69) is 23.2 Å². The summed E-state index contributed by atoms with van der Waals surface area (Å²) in [6.07, 6.45) is 3.77. The molecule has 1 aliphatic heterocycles. The lowest BCUT2D eigenvalue weighted by atomic mass is 10.1. The second kappa shape index (κ2) is 8.25. The monoisotopic (exact) mass is 292 g/mol. The molecule has 0 amide bonds. The van der Waals surface area contributed by atoms with Crippen LogP contribution in [0.1, 0.15) is 37.8 Å². The van der Waals surface area contributed by atoms with Gasteiger partial charge in [0.15, 0.2) is 0 Å². The van der Waals surface area contributed by atoms with E-state index in [1.54, 1.807) is 7.11 Å². The SMILES string of the molecule is CNC(C)c1ccc(OC)cc1OCCCN1CCCC1. The van der Waals surface area contributed by atoms with Crippen molar-refractivity contribution >= 4 is 0 Å². The third-order valence-electron chi connectivity index (χ3n) is 4.20. The van der Waals surface area contributed by atoms with Crippen molar-refractivity contribution in [3.63, 3.8) is 0 Å². The van der Waals surface area contributed by atoms with E-state index in [1.807, 2.05) is 19.2 Å². The fraction of sp³-hybridized carbons (Fsp3) is 0.647. The Morgan fingerprint density at radius 3 is 2.71 bits per heavy atom. The van der Waals surface area contributed by atoms with Gasteiger partial charge >= 0.3 is 0 Å². The molecular weight excluding hydrogens is 264 g/mol. The zero-order valence-electron chi connectivity index (χ0n) is 13.5. The van der Waals surface area contributed by atoms with Crippen molar-refractivity contribution in [3.05, 3.63) is 23.8 Å². The van der Waals surface area contributed by atoms with E-state index in [1.165, 1.54) is 31.5 Å². The largest absolute Gasteiger partial charge is 0.497 e. The van der Waals surface area contributed by atoms with Gasteiger partial charge in [0.2, 0.25) is 0 Å². The predicted molar refractivity (Wildman–Crippen MR) is 86.3 cm³/mol. The van der Waals surface area contributed by atoms with Gasteiger partial charge in [0, 0.05) is 24.2 Å². The van der Waals surface area contributed by atoms with Crippen molar-refractivity contribution in [2.45, 2.75) is 32.2 Å². The molecule has 1 aromatic carbocycles. The molecule has 4 heteroatoms. The Bertz CT molecular complexity index is 431. The van der Waals surface area contributed by atoms with Crippen LogP contribution in [0.2, 0.25) is 0 Å². The van der Waals surface area contributed by atoms with Gasteiger partial charge in [-0.15, -0.1) is 0 Å². The summed E-state index contributed by atoms with van der Waals surface area (Å²) in [6.45, 7) is 6.54. The van der Waals surface area contributed by atoms with Crippen molar-refractivity contribution in [3.8, 4) is 11.5 Å². The number of nitrogens with one attached hydrogen (secondary N) is 1. The van der Waals surface area contributed by atoms with E-state index in [0.717, 1.165) is 31.1 Å². The highest BCUT2D eigenvalue weighted by atomic mass is 16.5. The van der Waals surface area contributed by atoms with Crippen LogP contribution in [-0.2, 0) is 0 Å². The lowest BCUT2D eigenvalue weighted by Gasteiger charge is -2.19. The quantitative estimate of drug-likeness (QED) is 0.747. The van der Waals surface area contributed by atoms with E-state index < -0.39 is 0 Å². The molecule has 118 valence electrons. The summed E-state index contributed by atoms with van der Waals surface area (Å²) in [5.74, 6) is 1.77. The minimum atomic E-state index is 0.268. The molecule has 4 nitrogen and oxygen atoms in total. The van der Waals surface area contributed by atoms with E-state index in [-0.39, 0.29) is 6.04 Å². The Balaban J connectivity index is 1.89. The third kappa shape index (κ3) is 4.61. The highest BCUT2D eigenvalue weighted by molar-refractivity contribution is 5.42. The van der Waals surface area contributed by atoms with Crippen molar-refractivity contribution in [2.75, 3.05) is 40.4 Å². The molecule has 0 saturated carbocycles. The minimum absolute atomic E-state index is 0.268. The van der Waals surface area contributed by atoms with E-state index in [0.29, 0.717) is 0 Å². The van der Waals surface area contributed by atoms with Crippen LogP contribution in [0.25, 0.3) is 0 Å². The molecule has 1 saturated heterocycles. The van der Waals surface area contributed by atoms with Crippen molar-refractivity contribution in [1.29, 1.82) is 0 Å². The summed E-state index contributed by atoms with van der Waals surface area (Å²) >= 11 is 0. The van der Waals surface area contributed by atoms with Gasteiger partial charge in [0.05, 0.1) is 13.7 Å². The average Bonchev–Trinajstić information content (AvgIpc) is 3.04. The van der Waals surface area contributed by atoms with Gasteiger partial charge in [0.1, 0.15) is 11.5 Å². The first-order chi connectivity index (χ1) is 10.2. The summed E-state index contributed by atoms with van der Waals surface area (Å²) in [5.41, 5.74) is 1.18. The topological polar surface area (TPSA) is 33.7 Å². The summed E-state index contributed by atoms with van der Waals surface area (Å²) < 4.78 is 11.3. The highest BCUT2D eigenvalue weighted by Crippen LogP contribution is 2.29. The highest BCUT2D eigenvalue weighted by Gasteiger charge is 2.13. The van der Waals surface area contributed by atoms with Crippen LogP contribution < -0.4 is 14.8 Å². The lowest BCUT2D eigenvalue weighted by Crippen LogP contribution is -2.22. The summed E-state index contributed by atoms with van der Waals surface area (Å²) in [4.78, 5) is 2.52. The van der Waals surface area contributed by atoms with Crippen LogP contribution in [0.5, 0.6) is 11.5 Å². The standard InChI is InChI=1S/C17H28N2O2/c1-14(18-2)16-8-7-15(20-3)13-17(16)21-12-6-11-19-9-4-5-10-19/h7-8,13-14,18H,4-6,9-12H2,1-3H3. The number of nitrogens with zero attached hydrogens (tertiary/aromatic N) is 1. The first kappa shape index (κ1) is 16.1. The van der Waals surface area contributed by atoms with Crippen LogP contribution in [0.4, 0.5) is 0 Å². The maximum absolute atomic E-state index is 6.02. The maximum atomic E-state index is 6.02. The molecule has 0 bridgehead atoms. The fourth-order valence-corrected chi connectivity index (χ4v) is 2.76. The lowest BCUT2D eigenvalue weighted by molar-refractivity contribution is 0.259. The number of rotatable bonds is 8. The zero-order chi connectivity index (χ0) is 15.1. The van der Waals surface area contributed by atoms with Crippen LogP contribution >= 0.6 is 0 Å². The number of methoxy groups -OCH3 is 1. The fourth-order valence-electron chi connectivity index (χ4n) is 2.76. The minimum Gasteiger partial charge on any atom is -0.497 e. The first-order valence-corrected chi connectivity index (χ1v) is 7.95. The molecule has 2 rings (SSSR count). The maximum Gasteiger partial charge on any atom is 0.127 e. The molecule has 1 fully saturated rings. The zero-order valence-corrected chi connectivity index (χ0v) is 13.5. The van der Waals surface area contributed by atoms with Crippen LogP contribution in [0.15, 0.2) is 18.2 Å². The molecule has 21 heavy (non-hydrogen) atoms. The van der Waals surface area contributed by atoms with Gasteiger partial charge in [-0.2, -0.15) is 0 Å². The molecule has 1 unspecified atom stereocenters. The molecule has 0 aliphatic carbocycles. The van der Waals surface area contributed by atoms with Gasteiger partial charge in [0.25, 0.3) is 0 Å². The van der Waals surface area contributed by atoms with Crippen LogP contribution in [-0.4, -0.2) is 45.3 Å². The Kier molecular flexibility index (Phi) is 6.33. The number of benzene rings is 1. The number of ether oxygens (including phenoxy) is 2. The second-order valence-electron chi connectivity index (χ2n) is 5.66. The van der Waals surface area contributed by atoms with Crippen LogP contribution in [0, 0.1) is 0 Å². The Morgan fingerprint density at radius 1 is 1.29 bits per heavy atom. The molecule has 1 N–H and O–H groups in total. The predicted octanol–water partition coefficient (Wildman–Crippen LogP) is 2.84. The van der Waals surface area contributed by atoms with Gasteiger partial charge in [-0.1, -0.05) is 6.07 Å². The number of likely N-dealkylation sites (tertiary alicyclic amines) is 1. The molecule has 1 heterocycles. The molecule has 0 spiro atoms. The smallest absolute Gasteiger partial charge is 0.127 e. The van der Waals surface area contributed by atoms with E-state index >= 15 is 0 Å². The van der Waals surface area contributed by atoms with E-state index in [9.17, 15) is 0 Å². The van der Waals surface area contributed by atoms with Crippen molar-refractivity contribution in [1.82, 2.24) is 10.2 Å². The molecular formula is C17H28N2O2. The molecule has 1 atom stereocenters. The van der Waals surface area contributed by atoms with Crippen molar-refractivity contribution < 1.29 is 9.47 Å². The summed E-state index contributed by atoms with van der Waals surface area (Å²) in [7, 11) is 3.65. The van der Waals surface area contributed by atoms with Crippen LogP contribution in [0.3, 0.4) is 0 Å². The third-order valence-corrected chi connectivity index (χ3v) is 4.20. The van der Waals surface area contributed by atoms with Gasteiger partial charge in [-0.05, 0) is 52.4 Å². The summed E-state index contributed by atoms with van der Waals surface area (Å²) in [5, 5.41) is 3.27. The molecule has 1 aromatic rings. The van der Waals surface area contributed by atoms with Gasteiger partial charge < -0.3 is 19.7 Å². The number of hydrogen-bond donors (Lipinski definition) is 1. The Hall–Kier alpha value is -1.26. The summed E-state index contributed by atoms with van der Waals surface area (Å²) in [6, 6.07) is 6.32. The van der Waals surface area contributed by atoms with Gasteiger partial charge in [-0.3, -0.25) is 0 Å². The Labute approximate surface area is 128 Å². The number of hydrogen-bond acceptors (Lipinski definition) is 4. The van der Waals surface area contributed by atoms with E-state index in [4.69, 9.17) is 9.47 Å². The second-order valence-corrected chi connectivity index (χ2v) is 5.66. The van der Waals surface area contributed by atoms with Gasteiger partial charge in [-0.25, -0.2) is 0 Å². The normalized spacial score (nSPS) is 16.9. The average molecular weight is 292 g/mol. The first-order valence-electron chi connectivity index (χ1n) is 7.95.